The number of benzene rings is 2. The van der Waals surface area contributed by atoms with Crippen LogP contribution < -0.4 is 0 Å². The van der Waals surface area contributed by atoms with Crippen molar-refractivity contribution in [2.45, 2.75) is 5.88 Å². The van der Waals surface area contributed by atoms with E-state index in [-0.39, 0.29) is 11.6 Å². The van der Waals surface area contributed by atoms with Crippen molar-refractivity contribution < 1.29 is 8.78 Å². The third-order valence-corrected chi connectivity index (χ3v) is 3.52. The highest BCUT2D eigenvalue weighted by atomic mass is 35.5. The summed E-state index contributed by atoms with van der Waals surface area (Å²) >= 11 is 12.0. The van der Waals surface area contributed by atoms with Gasteiger partial charge in [0, 0.05) is 0 Å². The van der Waals surface area contributed by atoms with E-state index in [2.05, 4.69) is 4.98 Å². The second-order valence-electron chi connectivity index (χ2n) is 4.17. The fraction of sp³-hybridized carbons (Fsp3) is 0.0714. The molecule has 3 aromatic rings. The molecule has 0 atom stereocenters. The van der Waals surface area contributed by atoms with E-state index in [0.717, 1.165) is 0 Å². The van der Waals surface area contributed by atoms with Crippen molar-refractivity contribution in [2.75, 3.05) is 0 Å². The van der Waals surface area contributed by atoms with Crippen molar-refractivity contribution in [1.29, 1.82) is 0 Å². The first-order valence-electron chi connectivity index (χ1n) is 5.79. The number of hydrogen-bond donors (Lipinski definition) is 0. The first-order chi connectivity index (χ1) is 9.63. The minimum Gasteiger partial charge on any atom is -0.288 e. The smallest absolute Gasteiger partial charge is 0.150 e. The normalized spacial score (nSPS) is 11.2. The fourth-order valence-electron chi connectivity index (χ4n) is 2.17. The highest BCUT2D eigenvalue weighted by molar-refractivity contribution is 6.35. The number of hydrogen-bond acceptors (Lipinski definition) is 1. The van der Waals surface area contributed by atoms with Gasteiger partial charge in [0.1, 0.15) is 23.1 Å². The third kappa shape index (κ3) is 1.96. The van der Waals surface area contributed by atoms with E-state index >= 15 is 0 Å². The van der Waals surface area contributed by atoms with Gasteiger partial charge >= 0.3 is 0 Å². The molecule has 0 N–H and O–H groups in total. The van der Waals surface area contributed by atoms with Gasteiger partial charge in [0.15, 0.2) is 0 Å². The number of rotatable bonds is 2. The molecule has 0 aliphatic heterocycles. The number of imidazole rings is 1. The van der Waals surface area contributed by atoms with Gasteiger partial charge in [0.05, 0.1) is 21.9 Å². The molecule has 0 aliphatic rings. The molecule has 1 heterocycles. The van der Waals surface area contributed by atoms with Gasteiger partial charge in [0.2, 0.25) is 0 Å². The van der Waals surface area contributed by atoms with Crippen LogP contribution in [0.25, 0.3) is 16.7 Å². The Kier molecular flexibility index (Phi) is 3.36. The number of aromatic nitrogens is 2. The zero-order valence-electron chi connectivity index (χ0n) is 10.1. The lowest BCUT2D eigenvalue weighted by atomic mass is 10.2. The molecule has 0 spiro atoms. The number of fused-ring (bicyclic) bond motifs is 1. The molecule has 1 aromatic heterocycles. The van der Waals surface area contributed by atoms with Crippen LogP contribution >= 0.6 is 23.2 Å². The van der Waals surface area contributed by atoms with Crippen LogP contribution in [0.5, 0.6) is 0 Å². The van der Waals surface area contributed by atoms with Crippen molar-refractivity contribution in [2.24, 2.45) is 0 Å². The molecule has 0 radical (unpaired) electrons. The van der Waals surface area contributed by atoms with Gasteiger partial charge in [-0.25, -0.2) is 13.8 Å². The van der Waals surface area contributed by atoms with Crippen LogP contribution in [0.2, 0.25) is 5.02 Å². The summed E-state index contributed by atoms with van der Waals surface area (Å²) in [7, 11) is 0. The standard InChI is InChI=1S/C14H8Cl2F2N2/c15-7-12-19-11-6-1-3-8(16)13(11)20(12)14-9(17)4-2-5-10(14)18/h1-6H,7H2. The zero-order chi connectivity index (χ0) is 14.3. The number of halogens is 4. The van der Waals surface area contributed by atoms with Crippen molar-refractivity contribution >= 4 is 34.2 Å². The van der Waals surface area contributed by atoms with Gasteiger partial charge < -0.3 is 0 Å². The summed E-state index contributed by atoms with van der Waals surface area (Å²) in [6, 6.07) is 8.73. The summed E-state index contributed by atoms with van der Waals surface area (Å²) in [5, 5.41) is 0.356. The molecule has 3 rings (SSSR count). The molecular weight excluding hydrogens is 305 g/mol. The lowest BCUT2D eigenvalue weighted by molar-refractivity contribution is 0.569. The summed E-state index contributed by atoms with van der Waals surface area (Å²) in [6.07, 6.45) is 0. The maximum Gasteiger partial charge on any atom is 0.150 e. The Labute approximate surface area is 123 Å². The summed E-state index contributed by atoms with van der Waals surface area (Å²) in [4.78, 5) is 4.26. The lowest BCUT2D eigenvalue weighted by Gasteiger charge is -2.10. The van der Waals surface area contributed by atoms with E-state index in [4.69, 9.17) is 23.2 Å². The Morgan fingerprint density at radius 3 is 2.35 bits per heavy atom. The second-order valence-corrected chi connectivity index (χ2v) is 4.85. The van der Waals surface area contributed by atoms with Gasteiger partial charge in [0.25, 0.3) is 0 Å². The molecule has 2 aromatic carbocycles. The maximum atomic E-state index is 14.0. The molecule has 0 bridgehead atoms. The van der Waals surface area contributed by atoms with Gasteiger partial charge in [-0.05, 0) is 24.3 Å². The summed E-state index contributed by atoms with van der Waals surface area (Å²) < 4.78 is 29.4. The van der Waals surface area contributed by atoms with Gasteiger partial charge in [-0.3, -0.25) is 4.57 Å². The SMILES string of the molecule is Fc1cccc(F)c1-n1c(CCl)nc2cccc(Cl)c21. The van der Waals surface area contributed by atoms with Crippen LogP contribution in [0.4, 0.5) is 8.78 Å². The van der Waals surface area contributed by atoms with E-state index < -0.39 is 11.6 Å². The number of para-hydroxylation sites is 2. The van der Waals surface area contributed by atoms with Crippen molar-refractivity contribution in [3.63, 3.8) is 0 Å². The molecular formula is C14H8Cl2F2N2. The van der Waals surface area contributed by atoms with Crippen LogP contribution in [0.1, 0.15) is 5.82 Å². The summed E-state index contributed by atoms with van der Waals surface area (Å²) in [6.45, 7) is 0. The predicted octanol–water partition coefficient (Wildman–Crippen LogP) is 4.70. The molecule has 0 saturated carbocycles. The molecule has 20 heavy (non-hydrogen) atoms. The average Bonchev–Trinajstić information content (AvgIpc) is 2.79. The van der Waals surface area contributed by atoms with Crippen LogP contribution in [0.3, 0.4) is 0 Å². The quantitative estimate of drug-likeness (QED) is 0.627. The van der Waals surface area contributed by atoms with Crippen LogP contribution in [0.15, 0.2) is 36.4 Å². The molecule has 6 heteroatoms. The van der Waals surface area contributed by atoms with E-state index in [9.17, 15) is 8.78 Å². The third-order valence-electron chi connectivity index (χ3n) is 2.98. The van der Waals surface area contributed by atoms with Gasteiger partial charge in [-0.2, -0.15) is 0 Å². The van der Waals surface area contributed by atoms with E-state index in [0.29, 0.717) is 21.9 Å². The van der Waals surface area contributed by atoms with E-state index in [1.54, 1.807) is 18.2 Å². The fourth-order valence-corrected chi connectivity index (χ4v) is 2.60. The molecule has 0 unspecified atom stereocenters. The Balaban J connectivity index is 2.46. The molecule has 0 saturated heterocycles. The second kappa shape index (κ2) is 5.04. The lowest BCUT2D eigenvalue weighted by Crippen LogP contribution is -2.05. The zero-order valence-corrected chi connectivity index (χ0v) is 11.6. The van der Waals surface area contributed by atoms with Crippen LogP contribution in [0, 0.1) is 11.6 Å². The Hall–Kier alpha value is -1.65. The van der Waals surface area contributed by atoms with Crippen molar-refractivity contribution in [3.05, 3.63) is 58.9 Å². The predicted molar refractivity (Wildman–Crippen MR) is 75.6 cm³/mol. The monoisotopic (exact) mass is 312 g/mol. The molecule has 0 fully saturated rings. The van der Waals surface area contributed by atoms with Crippen molar-refractivity contribution in [3.8, 4) is 5.69 Å². The highest BCUT2D eigenvalue weighted by Crippen LogP contribution is 2.30. The average molecular weight is 313 g/mol. The molecule has 0 aliphatic carbocycles. The Morgan fingerprint density at radius 1 is 1.05 bits per heavy atom. The van der Waals surface area contributed by atoms with Crippen LogP contribution in [-0.4, -0.2) is 9.55 Å². The van der Waals surface area contributed by atoms with Crippen LogP contribution in [-0.2, 0) is 5.88 Å². The Morgan fingerprint density at radius 2 is 1.70 bits per heavy atom. The molecule has 2 nitrogen and oxygen atoms in total. The summed E-state index contributed by atoms with van der Waals surface area (Å²) in [5.74, 6) is -1.05. The maximum absolute atomic E-state index is 14.0. The van der Waals surface area contributed by atoms with E-state index in [1.165, 1.54) is 22.8 Å². The van der Waals surface area contributed by atoms with E-state index in [1.807, 2.05) is 0 Å². The number of nitrogens with zero attached hydrogens (tertiary/aromatic N) is 2. The minimum absolute atomic E-state index is 0.0127. The first kappa shape index (κ1) is 13.3. The first-order valence-corrected chi connectivity index (χ1v) is 6.71. The largest absolute Gasteiger partial charge is 0.288 e. The van der Waals surface area contributed by atoms with Gasteiger partial charge in [-0.1, -0.05) is 23.7 Å². The molecule has 0 amide bonds. The van der Waals surface area contributed by atoms with Gasteiger partial charge in [-0.15, -0.1) is 11.6 Å². The Bertz CT molecular complexity index is 779. The highest BCUT2D eigenvalue weighted by Gasteiger charge is 2.19. The number of alkyl halides is 1. The van der Waals surface area contributed by atoms with Crippen molar-refractivity contribution in [1.82, 2.24) is 9.55 Å². The minimum atomic E-state index is -0.699. The topological polar surface area (TPSA) is 17.8 Å². The molecule has 102 valence electrons. The summed E-state index contributed by atoms with van der Waals surface area (Å²) in [5.41, 5.74) is 0.753.